The fourth-order valence-electron chi connectivity index (χ4n) is 3.42. The molecule has 0 amide bonds. The van der Waals surface area contributed by atoms with Gasteiger partial charge in [-0.2, -0.15) is 5.06 Å². The summed E-state index contributed by atoms with van der Waals surface area (Å²) in [5, 5.41) is 3.16. The number of nitrogens with zero attached hydrogens (tertiary/aromatic N) is 1. The fourth-order valence-corrected chi connectivity index (χ4v) is 6.39. The molecular formula is C15H24N2O3S2. The third-order valence-corrected chi connectivity index (χ3v) is 7.63. The van der Waals surface area contributed by atoms with E-state index in [0.29, 0.717) is 0 Å². The predicted molar refractivity (Wildman–Crippen MR) is 88.2 cm³/mol. The third kappa shape index (κ3) is 3.23. The quantitative estimate of drug-likeness (QED) is 0.912. The first-order chi connectivity index (χ1) is 10.5. The van der Waals surface area contributed by atoms with Crippen molar-refractivity contribution in [3.8, 4) is 0 Å². The second-order valence-electron chi connectivity index (χ2n) is 6.29. The summed E-state index contributed by atoms with van der Waals surface area (Å²) < 4.78 is 28.6. The highest BCUT2D eigenvalue weighted by Crippen LogP contribution is 2.38. The maximum absolute atomic E-state index is 12.9. The van der Waals surface area contributed by atoms with Gasteiger partial charge in [-0.3, -0.25) is 4.84 Å². The number of hydroxylamine groups is 2. The SMILES string of the molecule is Cc1ccsc1C1C(S(=O)(=O)NC2CCCCC2)CON1C. The Labute approximate surface area is 136 Å². The molecule has 2 atom stereocenters. The van der Waals surface area contributed by atoms with Gasteiger partial charge in [0.25, 0.3) is 0 Å². The Morgan fingerprint density at radius 3 is 2.68 bits per heavy atom. The van der Waals surface area contributed by atoms with Crippen LogP contribution in [0.2, 0.25) is 0 Å². The summed E-state index contributed by atoms with van der Waals surface area (Å²) in [4.78, 5) is 6.64. The molecule has 2 unspecified atom stereocenters. The molecule has 1 aliphatic carbocycles. The molecule has 22 heavy (non-hydrogen) atoms. The Morgan fingerprint density at radius 2 is 2.05 bits per heavy atom. The lowest BCUT2D eigenvalue weighted by Crippen LogP contribution is -2.44. The van der Waals surface area contributed by atoms with Crippen molar-refractivity contribution in [2.75, 3.05) is 13.7 Å². The molecule has 1 aromatic heterocycles. The summed E-state index contributed by atoms with van der Waals surface area (Å²) in [6.07, 6.45) is 5.34. The van der Waals surface area contributed by atoms with E-state index in [-0.39, 0.29) is 18.7 Å². The van der Waals surface area contributed by atoms with Gasteiger partial charge in [0, 0.05) is 18.0 Å². The van der Waals surface area contributed by atoms with E-state index >= 15 is 0 Å². The maximum atomic E-state index is 12.9. The van der Waals surface area contributed by atoms with Crippen molar-refractivity contribution in [1.29, 1.82) is 0 Å². The van der Waals surface area contributed by atoms with Crippen molar-refractivity contribution in [3.05, 3.63) is 21.9 Å². The van der Waals surface area contributed by atoms with Crippen molar-refractivity contribution < 1.29 is 13.3 Å². The molecule has 0 radical (unpaired) electrons. The van der Waals surface area contributed by atoms with Gasteiger partial charge in [0.1, 0.15) is 5.25 Å². The van der Waals surface area contributed by atoms with Crippen LogP contribution in [0, 0.1) is 6.92 Å². The predicted octanol–water partition coefficient (Wildman–Crippen LogP) is 2.60. The molecule has 0 bridgehead atoms. The molecule has 2 fully saturated rings. The fraction of sp³-hybridized carbons (Fsp3) is 0.733. The van der Waals surface area contributed by atoms with Crippen LogP contribution in [0.25, 0.3) is 0 Å². The van der Waals surface area contributed by atoms with Crippen LogP contribution in [-0.2, 0) is 14.9 Å². The van der Waals surface area contributed by atoms with Gasteiger partial charge in [0.05, 0.1) is 12.6 Å². The lowest BCUT2D eigenvalue weighted by atomic mass is 9.96. The molecule has 1 saturated carbocycles. The van der Waals surface area contributed by atoms with Crippen LogP contribution in [0.5, 0.6) is 0 Å². The van der Waals surface area contributed by atoms with Gasteiger partial charge in [-0.05, 0) is 36.8 Å². The highest BCUT2D eigenvalue weighted by Gasteiger charge is 2.44. The summed E-state index contributed by atoms with van der Waals surface area (Å²) in [5.74, 6) is 0. The standard InChI is InChI=1S/C15H24N2O3S2/c1-11-8-9-21-15(11)14-13(10-20-17(14)2)22(18,19)16-12-6-4-3-5-7-12/h8-9,12-14,16H,3-7,10H2,1-2H3. The van der Waals surface area contributed by atoms with Crippen LogP contribution in [0.1, 0.15) is 48.6 Å². The van der Waals surface area contributed by atoms with Crippen LogP contribution >= 0.6 is 11.3 Å². The normalized spacial score (nSPS) is 28.3. The van der Waals surface area contributed by atoms with E-state index in [2.05, 4.69) is 4.72 Å². The average Bonchev–Trinajstić information content (AvgIpc) is 3.05. The molecule has 2 aliphatic rings. The molecule has 124 valence electrons. The number of sulfonamides is 1. The van der Waals surface area contributed by atoms with Gasteiger partial charge in [0.15, 0.2) is 0 Å². The molecule has 2 heterocycles. The first kappa shape index (κ1) is 16.4. The summed E-state index contributed by atoms with van der Waals surface area (Å²) in [6.45, 7) is 2.25. The van der Waals surface area contributed by atoms with Crippen molar-refractivity contribution in [2.45, 2.75) is 56.4 Å². The van der Waals surface area contributed by atoms with Crippen LogP contribution in [0.15, 0.2) is 11.4 Å². The van der Waals surface area contributed by atoms with E-state index in [1.807, 2.05) is 25.4 Å². The van der Waals surface area contributed by atoms with Gasteiger partial charge in [-0.1, -0.05) is 19.3 Å². The zero-order valence-corrected chi connectivity index (χ0v) is 14.8. The van der Waals surface area contributed by atoms with Crippen molar-refractivity contribution in [3.63, 3.8) is 0 Å². The molecule has 1 aromatic rings. The topological polar surface area (TPSA) is 58.6 Å². The Balaban J connectivity index is 1.80. The molecule has 1 saturated heterocycles. The van der Waals surface area contributed by atoms with E-state index in [1.54, 1.807) is 16.4 Å². The minimum absolute atomic E-state index is 0.0924. The first-order valence-electron chi connectivity index (χ1n) is 7.90. The van der Waals surface area contributed by atoms with E-state index in [0.717, 1.165) is 36.1 Å². The molecular weight excluding hydrogens is 320 g/mol. The highest BCUT2D eigenvalue weighted by atomic mass is 32.2. The summed E-state index contributed by atoms with van der Waals surface area (Å²) in [6, 6.07) is 1.90. The van der Waals surface area contributed by atoms with Crippen LogP contribution in [0.3, 0.4) is 0 Å². The van der Waals surface area contributed by atoms with Crippen LogP contribution in [0.4, 0.5) is 0 Å². The number of aryl methyl sites for hydroxylation is 1. The first-order valence-corrected chi connectivity index (χ1v) is 10.3. The molecule has 1 aliphatic heterocycles. The maximum Gasteiger partial charge on any atom is 0.219 e. The molecule has 0 spiro atoms. The zero-order chi connectivity index (χ0) is 15.7. The van der Waals surface area contributed by atoms with Gasteiger partial charge < -0.3 is 0 Å². The summed E-state index contributed by atoms with van der Waals surface area (Å²) in [5.41, 5.74) is 1.13. The smallest absolute Gasteiger partial charge is 0.219 e. The Morgan fingerprint density at radius 1 is 1.32 bits per heavy atom. The Kier molecular flexibility index (Phi) is 4.89. The lowest BCUT2D eigenvalue weighted by molar-refractivity contribution is -0.110. The van der Waals surface area contributed by atoms with Gasteiger partial charge >= 0.3 is 0 Å². The zero-order valence-electron chi connectivity index (χ0n) is 13.1. The van der Waals surface area contributed by atoms with E-state index in [1.165, 1.54) is 6.42 Å². The van der Waals surface area contributed by atoms with Crippen LogP contribution in [-0.4, -0.2) is 38.4 Å². The van der Waals surface area contributed by atoms with E-state index in [4.69, 9.17) is 4.84 Å². The minimum atomic E-state index is -3.39. The summed E-state index contributed by atoms with van der Waals surface area (Å²) >= 11 is 1.60. The van der Waals surface area contributed by atoms with Crippen molar-refractivity contribution in [1.82, 2.24) is 9.79 Å². The Hall–Kier alpha value is -0.470. The molecule has 0 aromatic carbocycles. The number of thiophene rings is 1. The Bertz CT molecular complexity index is 608. The lowest BCUT2D eigenvalue weighted by Gasteiger charge is -2.27. The number of hydrogen-bond acceptors (Lipinski definition) is 5. The minimum Gasteiger partial charge on any atom is -0.297 e. The van der Waals surface area contributed by atoms with E-state index < -0.39 is 15.3 Å². The van der Waals surface area contributed by atoms with Crippen molar-refractivity contribution >= 4 is 21.4 Å². The molecule has 3 rings (SSSR count). The summed E-state index contributed by atoms with van der Waals surface area (Å²) in [7, 11) is -1.58. The largest absolute Gasteiger partial charge is 0.297 e. The number of rotatable bonds is 4. The molecule has 7 heteroatoms. The molecule has 5 nitrogen and oxygen atoms in total. The van der Waals surface area contributed by atoms with Gasteiger partial charge in [0.2, 0.25) is 10.0 Å². The second-order valence-corrected chi connectivity index (χ2v) is 9.17. The number of nitrogens with one attached hydrogen (secondary N) is 1. The average molecular weight is 345 g/mol. The second kappa shape index (κ2) is 6.57. The highest BCUT2D eigenvalue weighted by molar-refractivity contribution is 7.90. The number of hydrogen-bond donors (Lipinski definition) is 1. The van der Waals surface area contributed by atoms with Crippen LogP contribution < -0.4 is 4.72 Å². The third-order valence-electron chi connectivity index (χ3n) is 4.69. The van der Waals surface area contributed by atoms with E-state index in [9.17, 15) is 8.42 Å². The van der Waals surface area contributed by atoms with Gasteiger partial charge in [-0.15, -0.1) is 11.3 Å². The van der Waals surface area contributed by atoms with Crippen molar-refractivity contribution in [2.24, 2.45) is 0 Å². The van der Waals surface area contributed by atoms with Gasteiger partial charge in [-0.25, -0.2) is 13.1 Å². The monoisotopic (exact) mass is 344 g/mol. The molecule has 1 N–H and O–H groups in total.